The molecule has 2 aliphatic rings. The van der Waals surface area contributed by atoms with Crippen LogP contribution in [0.25, 0.3) is 0 Å². The van der Waals surface area contributed by atoms with Crippen molar-refractivity contribution in [3.8, 4) is 0 Å². The first kappa shape index (κ1) is 16.5. The Labute approximate surface area is 141 Å². The van der Waals surface area contributed by atoms with Crippen LogP contribution in [0.15, 0.2) is 30.3 Å². The molecule has 1 aliphatic heterocycles. The fourth-order valence-electron chi connectivity index (χ4n) is 4.68. The van der Waals surface area contributed by atoms with Crippen LogP contribution in [-0.4, -0.2) is 23.9 Å². The van der Waals surface area contributed by atoms with Crippen LogP contribution in [0.1, 0.15) is 57.9 Å². The summed E-state index contributed by atoms with van der Waals surface area (Å²) in [5.41, 5.74) is 1.39. The number of nitrogens with zero attached hydrogens (tertiary/aromatic N) is 1. The normalized spacial score (nSPS) is 31.6. The molecular weight excluding hydrogens is 282 g/mol. The van der Waals surface area contributed by atoms with Crippen LogP contribution in [0.2, 0.25) is 0 Å². The molecule has 1 aromatic rings. The average Bonchev–Trinajstić information content (AvgIpc) is 3.04. The van der Waals surface area contributed by atoms with Crippen molar-refractivity contribution in [2.45, 2.75) is 52.4 Å². The van der Waals surface area contributed by atoms with Crippen LogP contribution in [0.5, 0.6) is 0 Å². The third-order valence-corrected chi connectivity index (χ3v) is 6.11. The van der Waals surface area contributed by atoms with Gasteiger partial charge in [0.25, 0.3) is 0 Å². The number of likely N-dealkylation sites (tertiary alicyclic amines) is 1. The summed E-state index contributed by atoms with van der Waals surface area (Å²) in [6, 6.07) is 10.7. The maximum absolute atomic E-state index is 13.2. The number of amides is 1. The Bertz CT molecular complexity index is 524. The van der Waals surface area contributed by atoms with E-state index in [1.807, 2.05) is 0 Å². The summed E-state index contributed by atoms with van der Waals surface area (Å²) in [5.74, 6) is 3.12. The minimum absolute atomic E-state index is 0.258. The maximum Gasteiger partial charge on any atom is 0.225 e. The monoisotopic (exact) mass is 313 g/mol. The lowest BCUT2D eigenvalue weighted by molar-refractivity contribution is -0.139. The van der Waals surface area contributed by atoms with Crippen molar-refractivity contribution in [1.29, 1.82) is 0 Å². The largest absolute Gasteiger partial charge is 0.342 e. The number of rotatable bonds is 3. The van der Waals surface area contributed by atoms with Gasteiger partial charge in [0, 0.05) is 24.9 Å². The highest BCUT2D eigenvalue weighted by Crippen LogP contribution is 2.40. The van der Waals surface area contributed by atoms with Gasteiger partial charge in [-0.05, 0) is 42.6 Å². The van der Waals surface area contributed by atoms with Gasteiger partial charge in [-0.3, -0.25) is 4.79 Å². The summed E-state index contributed by atoms with van der Waals surface area (Å²) in [4.78, 5) is 15.3. The molecule has 1 aromatic carbocycles. The Balaban J connectivity index is 1.68. The fourth-order valence-corrected chi connectivity index (χ4v) is 4.68. The van der Waals surface area contributed by atoms with Gasteiger partial charge in [0.05, 0.1) is 0 Å². The molecule has 126 valence electrons. The molecule has 0 radical (unpaired) electrons. The van der Waals surface area contributed by atoms with E-state index in [0.29, 0.717) is 29.6 Å². The highest BCUT2D eigenvalue weighted by molar-refractivity contribution is 5.79. The van der Waals surface area contributed by atoms with Gasteiger partial charge >= 0.3 is 0 Å². The van der Waals surface area contributed by atoms with E-state index in [1.165, 1.54) is 18.4 Å². The molecule has 23 heavy (non-hydrogen) atoms. The second-order valence-electron chi connectivity index (χ2n) is 8.11. The molecule has 2 nitrogen and oxygen atoms in total. The first-order valence-corrected chi connectivity index (χ1v) is 9.40. The number of benzene rings is 1. The van der Waals surface area contributed by atoms with E-state index < -0.39 is 0 Å². The van der Waals surface area contributed by atoms with Gasteiger partial charge in [0.2, 0.25) is 5.91 Å². The van der Waals surface area contributed by atoms with Gasteiger partial charge in [-0.15, -0.1) is 0 Å². The summed E-state index contributed by atoms with van der Waals surface area (Å²) >= 11 is 0. The molecule has 1 heterocycles. The first-order valence-electron chi connectivity index (χ1n) is 9.40. The van der Waals surface area contributed by atoms with Crippen LogP contribution in [0.4, 0.5) is 0 Å². The summed E-state index contributed by atoms with van der Waals surface area (Å²) in [6.07, 6.45) is 4.73. The molecule has 0 spiro atoms. The molecular formula is C21H31NO. The highest BCUT2D eigenvalue weighted by Gasteiger charge is 2.39. The lowest BCUT2D eigenvalue weighted by atomic mass is 9.69. The standard InChI is InChI=1S/C21H31NO/c1-15(2)19-10-9-16(3)13-20(19)21(23)22-12-11-18(14-22)17-7-5-4-6-8-17/h4-8,15-16,18-20H,9-14H2,1-3H3/t16-,18?,19?,20-/m1/s1. The molecule has 1 saturated carbocycles. The molecule has 0 N–H and O–H groups in total. The van der Waals surface area contributed by atoms with Gasteiger partial charge in [-0.1, -0.05) is 57.5 Å². The predicted octanol–water partition coefficient (Wildman–Crippen LogP) is 4.71. The summed E-state index contributed by atoms with van der Waals surface area (Å²) in [5, 5.41) is 0. The van der Waals surface area contributed by atoms with Crippen molar-refractivity contribution >= 4 is 5.91 Å². The average molecular weight is 313 g/mol. The van der Waals surface area contributed by atoms with Crippen molar-refractivity contribution < 1.29 is 4.79 Å². The summed E-state index contributed by atoms with van der Waals surface area (Å²) in [7, 11) is 0. The van der Waals surface area contributed by atoms with E-state index in [2.05, 4.69) is 56.0 Å². The maximum atomic E-state index is 13.2. The van der Waals surface area contributed by atoms with Gasteiger partial charge in [0.15, 0.2) is 0 Å². The minimum atomic E-state index is 0.258. The zero-order valence-corrected chi connectivity index (χ0v) is 14.9. The molecule has 0 aromatic heterocycles. The van der Waals surface area contributed by atoms with Gasteiger partial charge in [-0.25, -0.2) is 0 Å². The second kappa shape index (κ2) is 7.07. The molecule has 3 rings (SSSR count). The van der Waals surface area contributed by atoms with Crippen molar-refractivity contribution in [3.05, 3.63) is 35.9 Å². The summed E-state index contributed by atoms with van der Waals surface area (Å²) < 4.78 is 0. The van der Waals surface area contributed by atoms with Gasteiger partial charge in [-0.2, -0.15) is 0 Å². The lowest BCUT2D eigenvalue weighted by Crippen LogP contribution is -2.41. The zero-order valence-electron chi connectivity index (χ0n) is 14.9. The number of hydrogen-bond donors (Lipinski definition) is 0. The van der Waals surface area contributed by atoms with E-state index in [1.54, 1.807) is 0 Å². The Kier molecular flexibility index (Phi) is 5.08. The Hall–Kier alpha value is -1.31. The predicted molar refractivity (Wildman–Crippen MR) is 95.2 cm³/mol. The van der Waals surface area contributed by atoms with Crippen molar-refractivity contribution in [2.75, 3.05) is 13.1 Å². The molecule has 2 unspecified atom stereocenters. The van der Waals surface area contributed by atoms with Crippen LogP contribution < -0.4 is 0 Å². The van der Waals surface area contributed by atoms with Crippen LogP contribution >= 0.6 is 0 Å². The Morgan fingerprint density at radius 1 is 1.13 bits per heavy atom. The van der Waals surface area contributed by atoms with Crippen LogP contribution in [0.3, 0.4) is 0 Å². The Morgan fingerprint density at radius 3 is 2.57 bits per heavy atom. The third-order valence-electron chi connectivity index (χ3n) is 6.11. The van der Waals surface area contributed by atoms with E-state index in [9.17, 15) is 4.79 Å². The minimum Gasteiger partial charge on any atom is -0.342 e. The first-order chi connectivity index (χ1) is 11.1. The molecule has 2 heteroatoms. The number of hydrogen-bond acceptors (Lipinski definition) is 1. The van der Waals surface area contributed by atoms with Crippen molar-refractivity contribution in [3.63, 3.8) is 0 Å². The highest BCUT2D eigenvalue weighted by atomic mass is 16.2. The van der Waals surface area contributed by atoms with Crippen LogP contribution in [-0.2, 0) is 4.79 Å². The quantitative estimate of drug-likeness (QED) is 0.791. The topological polar surface area (TPSA) is 20.3 Å². The van der Waals surface area contributed by atoms with E-state index in [-0.39, 0.29) is 5.92 Å². The SMILES string of the molecule is CC(C)C1CC[C@@H](C)C[C@H]1C(=O)N1CCC(c2ccccc2)C1. The fraction of sp³-hybridized carbons (Fsp3) is 0.667. The molecule has 1 saturated heterocycles. The smallest absolute Gasteiger partial charge is 0.225 e. The van der Waals surface area contributed by atoms with Crippen LogP contribution in [0, 0.1) is 23.7 Å². The zero-order chi connectivity index (χ0) is 16.4. The van der Waals surface area contributed by atoms with E-state index in [0.717, 1.165) is 25.9 Å². The lowest BCUT2D eigenvalue weighted by Gasteiger charge is -2.38. The second-order valence-corrected chi connectivity index (χ2v) is 8.11. The van der Waals surface area contributed by atoms with Crippen molar-refractivity contribution in [2.24, 2.45) is 23.7 Å². The third kappa shape index (κ3) is 3.62. The van der Waals surface area contributed by atoms with E-state index >= 15 is 0 Å². The van der Waals surface area contributed by atoms with Gasteiger partial charge in [0.1, 0.15) is 0 Å². The number of carbonyl (C=O) groups is 1. The molecule has 1 aliphatic carbocycles. The molecule has 4 atom stereocenters. The van der Waals surface area contributed by atoms with E-state index in [4.69, 9.17) is 0 Å². The Morgan fingerprint density at radius 2 is 1.87 bits per heavy atom. The van der Waals surface area contributed by atoms with Gasteiger partial charge < -0.3 is 4.90 Å². The summed E-state index contributed by atoms with van der Waals surface area (Å²) in [6.45, 7) is 8.75. The molecule has 0 bridgehead atoms. The molecule has 1 amide bonds. The molecule has 2 fully saturated rings. The number of carbonyl (C=O) groups excluding carboxylic acids is 1. The van der Waals surface area contributed by atoms with Crippen molar-refractivity contribution in [1.82, 2.24) is 4.90 Å².